The van der Waals surface area contributed by atoms with Crippen molar-refractivity contribution >= 4 is 21.4 Å². The van der Waals surface area contributed by atoms with Gasteiger partial charge in [-0.05, 0) is 42.4 Å². The minimum atomic E-state index is -3.74. The van der Waals surface area contributed by atoms with Gasteiger partial charge < -0.3 is 11.1 Å². The average molecular weight is 283 g/mol. The lowest BCUT2D eigenvalue weighted by Crippen LogP contribution is -2.16. The number of primary sulfonamides is 1. The van der Waals surface area contributed by atoms with Crippen molar-refractivity contribution in [1.29, 1.82) is 0 Å². The number of nitrogen functional groups attached to an aromatic ring is 1. The molecule has 106 valence electrons. The summed E-state index contributed by atoms with van der Waals surface area (Å²) in [5.74, 6) is 0.617. The zero-order valence-corrected chi connectivity index (χ0v) is 12.3. The number of benzene rings is 1. The Morgan fingerprint density at radius 3 is 2.47 bits per heavy atom. The summed E-state index contributed by atoms with van der Waals surface area (Å²) in [4.78, 5) is 0.0880. The van der Waals surface area contributed by atoms with E-state index in [1.807, 2.05) is 0 Å². The molecule has 0 amide bonds. The Morgan fingerprint density at radius 1 is 1.42 bits per heavy atom. The van der Waals surface area contributed by atoms with Gasteiger partial charge in [0, 0.05) is 17.9 Å². The molecule has 0 saturated heterocycles. The van der Waals surface area contributed by atoms with E-state index >= 15 is 0 Å². The quantitative estimate of drug-likeness (QED) is 0.732. The summed E-state index contributed by atoms with van der Waals surface area (Å²) in [5.41, 5.74) is 7.88. The van der Waals surface area contributed by atoms with E-state index in [0.29, 0.717) is 22.6 Å². The Hall–Kier alpha value is -1.27. The molecular formula is C13H21N3O2S. The molecule has 0 spiro atoms. The van der Waals surface area contributed by atoms with Crippen molar-refractivity contribution < 1.29 is 8.42 Å². The molecule has 1 unspecified atom stereocenters. The van der Waals surface area contributed by atoms with Crippen molar-refractivity contribution in [2.24, 2.45) is 16.5 Å². The van der Waals surface area contributed by atoms with Gasteiger partial charge >= 0.3 is 0 Å². The fraction of sp³-hybridized carbons (Fsp3) is 0.538. The van der Waals surface area contributed by atoms with Gasteiger partial charge in [0.05, 0.1) is 4.90 Å². The van der Waals surface area contributed by atoms with Gasteiger partial charge in [-0.25, -0.2) is 13.6 Å². The number of anilines is 2. The summed E-state index contributed by atoms with van der Waals surface area (Å²) in [6.45, 7) is 7.00. The van der Waals surface area contributed by atoms with Crippen LogP contribution < -0.4 is 16.2 Å². The second-order valence-corrected chi connectivity index (χ2v) is 7.54. The molecule has 0 heterocycles. The highest BCUT2D eigenvalue weighted by Gasteiger charge is 2.45. The van der Waals surface area contributed by atoms with Gasteiger partial charge in [-0.15, -0.1) is 0 Å². The smallest absolute Gasteiger partial charge is 0.238 e. The van der Waals surface area contributed by atoms with Crippen LogP contribution in [0.2, 0.25) is 0 Å². The van der Waals surface area contributed by atoms with Gasteiger partial charge in [-0.3, -0.25) is 0 Å². The fourth-order valence-electron chi connectivity index (χ4n) is 2.35. The molecule has 0 aromatic heterocycles. The molecule has 2 rings (SSSR count). The average Bonchev–Trinajstić information content (AvgIpc) is 2.86. The van der Waals surface area contributed by atoms with Crippen LogP contribution in [0, 0.1) is 18.3 Å². The van der Waals surface area contributed by atoms with Crippen LogP contribution in [-0.2, 0) is 10.0 Å². The van der Waals surface area contributed by atoms with Crippen molar-refractivity contribution in [1.82, 2.24) is 0 Å². The molecule has 1 aliphatic carbocycles. The van der Waals surface area contributed by atoms with Gasteiger partial charge in [0.15, 0.2) is 0 Å². The van der Waals surface area contributed by atoms with Crippen LogP contribution in [0.5, 0.6) is 0 Å². The van der Waals surface area contributed by atoms with Crippen molar-refractivity contribution in [3.8, 4) is 0 Å². The molecule has 0 bridgehead atoms. The van der Waals surface area contributed by atoms with Crippen LogP contribution >= 0.6 is 0 Å². The first-order valence-electron chi connectivity index (χ1n) is 6.28. The van der Waals surface area contributed by atoms with E-state index in [9.17, 15) is 8.42 Å². The molecule has 0 aliphatic heterocycles. The lowest BCUT2D eigenvalue weighted by Gasteiger charge is -2.14. The predicted octanol–water partition coefficient (Wildman–Crippen LogP) is 1.68. The number of hydrogen-bond donors (Lipinski definition) is 3. The van der Waals surface area contributed by atoms with Crippen LogP contribution in [0.3, 0.4) is 0 Å². The highest BCUT2D eigenvalue weighted by atomic mass is 32.2. The lowest BCUT2D eigenvalue weighted by molar-refractivity contribution is 0.573. The Morgan fingerprint density at radius 2 is 2.00 bits per heavy atom. The third-order valence-corrected chi connectivity index (χ3v) is 4.98. The first kappa shape index (κ1) is 14.1. The molecule has 19 heavy (non-hydrogen) atoms. The molecular weight excluding hydrogens is 262 g/mol. The lowest BCUT2D eigenvalue weighted by atomic mass is 10.1. The molecule has 1 fully saturated rings. The third-order valence-electron chi connectivity index (χ3n) is 3.95. The molecule has 5 nitrogen and oxygen atoms in total. The maximum absolute atomic E-state index is 11.5. The standard InChI is InChI=1S/C13H21N3O2S/c1-8-11(16-7-9-6-13(9,2)3)4-10(14)5-12(8)19(15,17)18/h4-5,9,16H,6-7,14H2,1-3H3,(H2,15,17,18). The maximum atomic E-state index is 11.5. The Labute approximate surface area is 114 Å². The molecule has 0 radical (unpaired) electrons. The molecule has 1 atom stereocenters. The predicted molar refractivity (Wildman–Crippen MR) is 77.3 cm³/mol. The Kier molecular flexibility index (Phi) is 3.26. The van der Waals surface area contributed by atoms with E-state index in [1.54, 1.807) is 13.0 Å². The van der Waals surface area contributed by atoms with E-state index in [4.69, 9.17) is 10.9 Å². The maximum Gasteiger partial charge on any atom is 0.238 e. The Bertz CT molecular complexity index is 609. The zero-order valence-electron chi connectivity index (χ0n) is 11.5. The van der Waals surface area contributed by atoms with Gasteiger partial charge in [0.2, 0.25) is 10.0 Å². The molecule has 1 aliphatic rings. The van der Waals surface area contributed by atoms with Gasteiger partial charge in [0.25, 0.3) is 0 Å². The van der Waals surface area contributed by atoms with Gasteiger partial charge in [-0.1, -0.05) is 13.8 Å². The van der Waals surface area contributed by atoms with Gasteiger partial charge in [-0.2, -0.15) is 0 Å². The summed E-state index contributed by atoms with van der Waals surface area (Å²) >= 11 is 0. The van der Waals surface area contributed by atoms with Crippen molar-refractivity contribution in [2.75, 3.05) is 17.6 Å². The number of hydrogen-bond acceptors (Lipinski definition) is 4. The van der Waals surface area contributed by atoms with E-state index in [1.165, 1.54) is 12.5 Å². The zero-order chi connectivity index (χ0) is 14.4. The largest absolute Gasteiger partial charge is 0.399 e. The third kappa shape index (κ3) is 3.01. The van der Waals surface area contributed by atoms with Crippen LogP contribution in [0.4, 0.5) is 11.4 Å². The SMILES string of the molecule is Cc1c(NCC2CC2(C)C)cc(N)cc1S(N)(=O)=O. The van der Waals surface area contributed by atoms with E-state index < -0.39 is 10.0 Å². The van der Waals surface area contributed by atoms with E-state index in [-0.39, 0.29) is 4.90 Å². The van der Waals surface area contributed by atoms with Crippen molar-refractivity contribution in [3.63, 3.8) is 0 Å². The van der Waals surface area contributed by atoms with E-state index in [0.717, 1.165) is 12.2 Å². The number of nitrogens with two attached hydrogens (primary N) is 2. The molecule has 1 aromatic rings. The second kappa shape index (κ2) is 4.38. The van der Waals surface area contributed by atoms with Crippen LogP contribution in [0.25, 0.3) is 0 Å². The molecule has 1 aromatic carbocycles. The summed E-state index contributed by atoms with van der Waals surface area (Å²) in [6, 6.07) is 3.15. The summed E-state index contributed by atoms with van der Waals surface area (Å²) in [6.07, 6.45) is 1.18. The minimum absolute atomic E-state index is 0.0880. The van der Waals surface area contributed by atoms with Crippen molar-refractivity contribution in [3.05, 3.63) is 17.7 Å². The first-order chi connectivity index (χ1) is 8.61. The number of sulfonamides is 1. The van der Waals surface area contributed by atoms with Crippen molar-refractivity contribution in [2.45, 2.75) is 32.1 Å². The van der Waals surface area contributed by atoms with Crippen LogP contribution in [0.1, 0.15) is 25.8 Å². The summed E-state index contributed by atoms with van der Waals surface area (Å²) < 4.78 is 23.0. The molecule has 5 N–H and O–H groups in total. The summed E-state index contributed by atoms with van der Waals surface area (Å²) in [5, 5.41) is 8.48. The fourth-order valence-corrected chi connectivity index (χ4v) is 3.18. The first-order valence-corrected chi connectivity index (χ1v) is 7.83. The van der Waals surface area contributed by atoms with Crippen LogP contribution in [0.15, 0.2) is 17.0 Å². The highest BCUT2D eigenvalue weighted by Crippen LogP contribution is 2.51. The monoisotopic (exact) mass is 283 g/mol. The number of nitrogens with one attached hydrogen (secondary N) is 1. The molecule has 6 heteroatoms. The summed E-state index contributed by atoms with van der Waals surface area (Å²) in [7, 11) is -3.74. The normalized spacial score (nSPS) is 21.2. The topological polar surface area (TPSA) is 98.2 Å². The van der Waals surface area contributed by atoms with E-state index in [2.05, 4.69) is 19.2 Å². The Balaban J connectivity index is 2.24. The second-order valence-electron chi connectivity index (χ2n) is 6.01. The van der Waals surface area contributed by atoms with Gasteiger partial charge in [0.1, 0.15) is 0 Å². The molecule has 1 saturated carbocycles. The number of rotatable bonds is 4. The highest BCUT2D eigenvalue weighted by molar-refractivity contribution is 7.89. The minimum Gasteiger partial charge on any atom is -0.399 e. The van der Waals surface area contributed by atoms with Crippen LogP contribution in [-0.4, -0.2) is 15.0 Å².